The lowest BCUT2D eigenvalue weighted by atomic mass is 10.2. The monoisotopic (exact) mass is 427 g/mol. The van der Waals surface area contributed by atoms with Gasteiger partial charge in [-0.2, -0.15) is 5.10 Å². The molecule has 0 atom stereocenters. The molecule has 2 aromatic carbocycles. The summed E-state index contributed by atoms with van der Waals surface area (Å²) in [7, 11) is -1.70. The van der Waals surface area contributed by atoms with Gasteiger partial charge in [0, 0.05) is 5.56 Å². The molecule has 1 aromatic heterocycles. The lowest BCUT2D eigenvalue weighted by Gasteiger charge is -2.12. The van der Waals surface area contributed by atoms with Gasteiger partial charge in [-0.15, -0.1) is 0 Å². The van der Waals surface area contributed by atoms with Gasteiger partial charge >= 0.3 is 0 Å². The number of amides is 1. The van der Waals surface area contributed by atoms with Crippen molar-refractivity contribution in [2.75, 3.05) is 19.0 Å². The van der Waals surface area contributed by atoms with Crippen molar-refractivity contribution < 1.29 is 22.7 Å². The quantitative estimate of drug-likeness (QED) is 0.649. The average molecular weight is 427 g/mol. The smallest absolute Gasteiger partial charge is 0.263 e. The van der Waals surface area contributed by atoms with Gasteiger partial charge in [-0.1, -0.05) is 12.1 Å². The molecule has 3 aromatic rings. The zero-order chi connectivity index (χ0) is 21.3. The molecular formula is C21H21N3O5S. The highest BCUT2D eigenvalue weighted by Crippen LogP contribution is 2.33. The molecule has 0 bridgehead atoms. The largest absolute Gasteiger partial charge is 0.497 e. The van der Waals surface area contributed by atoms with E-state index in [1.807, 2.05) is 25.1 Å². The van der Waals surface area contributed by atoms with Gasteiger partial charge in [-0.05, 0) is 48.9 Å². The van der Waals surface area contributed by atoms with Crippen molar-refractivity contribution in [2.24, 2.45) is 0 Å². The minimum absolute atomic E-state index is 0.145. The van der Waals surface area contributed by atoms with Gasteiger partial charge in [-0.3, -0.25) is 4.79 Å². The van der Waals surface area contributed by atoms with Crippen molar-refractivity contribution in [1.82, 2.24) is 9.78 Å². The topological polar surface area (TPSA) is 99.5 Å². The third-order valence-corrected chi connectivity index (χ3v) is 6.16. The standard InChI is InChI=1S/C21H21N3O5S/c1-14-4-3-5-17(10-14)29-11-20(25)22-21-18-12-30(26,27)13-19(18)23-24(21)15-6-8-16(28-2)9-7-15/h3-10H,11-13H2,1-2H3,(H,22,25). The summed E-state index contributed by atoms with van der Waals surface area (Å²) in [5.74, 6) is 0.896. The second kappa shape index (κ2) is 7.83. The number of ether oxygens (including phenoxy) is 2. The Morgan fingerprint density at radius 1 is 1.13 bits per heavy atom. The molecule has 156 valence electrons. The Morgan fingerprint density at radius 2 is 1.90 bits per heavy atom. The summed E-state index contributed by atoms with van der Waals surface area (Å²) in [4.78, 5) is 12.6. The molecule has 1 aliphatic heterocycles. The van der Waals surface area contributed by atoms with Crippen molar-refractivity contribution in [2.45, 2.75) is 18.4 Å². The lowest BCUT2D eigenvalue weighted by Crippen LogP contribution is -2.22. The number of fused-ring (bicyclic) bond motifs is 1. The van der Waals surface area contributed by atoms with Crippen LogP contribution in [-0.4, -0.2) is 37.8 Å². The molecule has 4 rings (SSSR count). The van der Waals surface area contributed by atoms with Crippen LogP contribution in [0.1, 0.15) is 16.8 Å². The number of rotatable bonds is 6. The van der Waals surface area contributed by atoms with Crippen molar-refractivity contribution in [1.29, 1.82) is 0 Å². The number of nitrogens with zero attached hydrogens (tertiary/aromatic N) is 2. The molecule has 0 saturated carbocycles. The maximum atomic E-state index is 12.6. The summed E-state index contributed by atoms with van der Waals surface area (Å²) < 4.78 is 36.4. The van der Waals surface area contributed by atoms with E-state index in [0.29, 0.717) is 34.3 Å². The molecular weight excluding hydrogens is 406 g/mol. The Labute approximate surface area is 174 Å². The molecule has 30 heavy (non-hydrogen) atoms. The highest BCUT2D eigenvalue weighted by Gasteiger charge is 2.33. The summed E-state index contributed by atoms with van der Waals surface area (Å²) in [5.41, 5.74) is 2.65. The molecule has 8 nitrogen and oxygen atoms in total. The van der Waals surface area contributed by atoms with Gasteiger partial charge in [-0.25, -0.2) is 13.1 Å². The first-order valence-corrected chi connectivity index (χ1v) is 11.1. The minimum Gasteiger partial charge on any atom is -0.497 e. The van der Waals surface area contributed by atoms with E-state index in [0.717, 1.165) is 5.56 Å². The second-order valence-electron chi connectivity index (χ2n) is 7.07. The van der Waals surface area contributed by atoms with Crippen LogP contribution in [0.5, 0.6) is 11.5 Å². The minimum atomic E-state index is -3.27. The summed E-state index contributed by atoms with van der Waals surface area (Å²) in [6.07, 6.45) is 0. The number of benzene rings is 2. The van der Waals surface area contributed by atoms with E-state index in [1.54, 1.807) is 42.1 Å². The third kappa shape index (κ3) is 4.16. The number of hydrogen-bond acceptors (Lipinski definition) is 6. The van der Waals surface area contributed by atoms with E-state index in [-0.39, 0.29) is 18.1 Å². The number of hydrogen-bond donors (Lipinski definition) is 1. The van der Waals surface area contributed by atoms with Gasteiger partial charge in [0.1, 0.15) is 17.3 Å². The summed E-state index contributed by atoms with van der Waals surface area (Å²) in [6, 6.07) is 14.5. The van der Waals surface area contributed by atoms with Crippen LogP contribution in [0.15, 0.2) is 48.5 Å². The fourth-order valence-electron chi connectivity index (χ4n) is 3.30. The third-order valence-electron chi connectivity index (χ3n) is 4.72. The van der Waals surface area contributed by atoms with E-state index in [2.05, 4.69) is 10.4 Å². The van der Waals surface area contributed by atoms with Crippen molar-refractivity contribution >= 4 is 21.6 Å². The summed E-state index contributed by atoms with van der Waals surface area (Å²) in [5, 5.41) is 7.22. The number of carbonyl (C=O) groups is 1. The van der Waals surface area contributed by atoms with Crippen LogP contribution in [0.3, 0.4) is 0 Å². The Kier molecular flexibility index (Phi) is 5.21. The average Bonchev–Trinajstić information content (AvgIpc) is 3.19. The number of aromatic nitrogens is 2. The molecule has 0 spiro atoms. The number of sulfone groups is 1. The maximum absolute atomic E-state index is 12.6. The van der Waals surface area contributed by atoms with Crippen LogP contribution in [-0.2, 0) is 26.1 Å². The molecule has 0 fully saturated rings. The van der Waals surface area contributed by atoms with Gasteiger partial charge in [0.2, 0.25) is 0 Å². The van der Waals surface area contributed by atoms with Crippen LogP contribution in [0.25, 0.3) is 5.69 Å². The lowest BCUT2D eigenvalue weighted by molar-refractivity contribution is -0.118. The van der Waals surface area contributed by atoms with Crippen LogP contribution < -0.4 is 14.8 Å². The maximum Gasteiger partial charge on any atom is 0.263 e. The first-order valence-electron chi connectivity index (χ1n) is 9.29. The van der Waals surface area contributed by atoms with E-state index in [9.17, 15) is 13.2 Å². The number of carbonyl (C=O) groups excluding carboxylic acids is 1. The van der Waals surface area contributed by atoms with Crippen molar-refractivity contribution in [3.63, 3.8) is 0 Å². The second-order valence-corrected chi connectivity index (χ2v) is 9.13. The number of nitrogens with one attached hydrogen (secondary N) is 1. The Bertz CT molecular complexity index is 1200. The van der Waals surface area contributed by atoms with Crippen LogP contribution in [0, 0.1) is 6.92 Å². The van der Waals surface area contributed by atoms with Crippen LogP contribution >= 0.6 is 0 Å². The fourth-order valence-corrected chi connectivity index (χ4v) is 4.80. The molecule has 1 aliphatic rings. The highest BCUT2D eigenvalue weighted by atomic mass is 32.2. The van der Waals surface area contributed by atoms with Gasteiger partial charge in [0.15, 0.2) is 16.4 Å². The molecule has 2 heterocycles. The Balaban J connectivity index is 1.59. The van der Waals surface area contributed by atoms with E-state index >= 15 is 0 Å². The summed E-state index contributed by atoms with van der Waals surface area (Å²) in [6.45, 7) is 1.73. The first kappa shape index (κ1) is 20.0. The molecule has 0 aliphatic carbocycles. The predicted molar refractivity (Wildman–Crippen MR) is 112 cm³/mol. The van der Waals surface area contributed by atoms with Crippen molar-refractivity contribution in [3.8, 4) is 17.2 Å². The number of aryl methyl sites for hydroxylation is 1. The molecule has 1 N–H and O–H groups in total. The zero-order valence-corrected chi connectivity index (χ0v) is 17.4. The van der Waals surface area contributed by atoms with Gasteiger partial charge in [0.25, 0.3) is 5.91 Å². The zero-order valence-electron chi connectivity index (χ0n) is 16.6. The number of methoxy groups -OCH3 is 1. The van der Waals surface area contributed by atoms with E-state index in [1.165, 1.54) is 0 Å². The summed E-state index contributed by atoms with van der Waals surface area (Å²) >= 11 is 0. The molecule has 1 amide bonds. The van der Waals surface area contributed by atoms with Crippen LogP contribution in [0.4, 0.5) is 5.82 Å². The Hall–Kier alpha value is -3.33. The van der Waals surface area contributed by atoms with E-state index in [4.69, 9.17) is 9.47 Å². The molecule has 9 heteroatoms. The number of anilines is 1. The molecule has 0 saturated heterocycles. The van der Waals surface area contributed by atoms with Gasteiger partial charge < -0.3 is 14.8 Å². The van der Waals surface area contributed by atoms with Gasteiger partial charge in [0.05, 0.1) is 30.0 Å². The van der Waals surface area contributed by atoms with E-state index < -0.39 is 15.7 Å². The first-order chi connectivity index (χ1) is 14.3. The SMILES string of the molecule is COc1ccc(-n2nc3c(c2NC(=O)COc2cccc(C)c2)CS(=O)(=O)C3)cc1. The molecule has 0 radical (unpaired) electrons. The molecule has 0 unspecified atom stereocenters. The highest BCUT2D eigenvalue weighted by molar-refractivity contribution is 7.90. The Morgan fingerprint density at radius 3 is 2.60 bits per heavy atom. The fraction of sp³-hybridized carbons (Fsp3) is 0.238. The van der Waals surface area contributed by atoms with Crippen LogP contribution in [0.2, 0.25) is 0 Å². The van der Waals surface area contributed by atoms with Crippen molar-refractivity contribution in [3.05, 3.63) is 65.4 Å². The predicted octanol–water partition coefficient (Wildman–Crippen LogP) is 2.64. The normalized spacial score (nSPS) is 14.2.